The number of esters is 1. The van der Waals surface area contributed by atoms with E-state index in [1.165, 1.54) is 0 Å². The van der Waals surface area contributed by atoms with Gasteiger partial charge in [-0.05, 0) is 12.5 Å². The van der Waals surface area contributed by atoms with Crippen LogP contribution in [0.3, 0.4) is 0 Å². The second kappa shape index (κ2) is 5.03. The Morgan fingerprint density at radius 2 is 2.17 bits per heavy atom. The van der Waals surface area contributed by atoms with Crippen molar-refractivity contribution in [2.75, 3.05) is 6.61 Å². The van der Waals surface area contributed by atoms with E-state index in [0.717, 1.165) is 0 Å². The Morgan fingerprint density at radius 3 is 2.78 bits per heavy atom. The third-order valence-corrected chi connectivity index (χ3v) is 2.59. The largest absolute Gasteiger partial charge is 0.458 e. The van der Waals surface area contributed by atoms with E-state index in [1.807, 2.05) is 0 Å². The topological polar surface area (TPSA) is 61.6 Å². The van der Waals surface area contributed by atoms with Crippen molar-refractivity contribution >= 4 is 11.7 Å². The maximum Gasteiger partial charge on any atom is 0.406 e. The Morgan fingerprint density at radius 1 is 1.50 bits per heavy atom. The highest BCUT2D eigenvalue weighted by Gasteiger charge is 2.46. The van der Waals surface area contributed by atoms with Crippen LogP contribution in [0.1, 0.15) is 18.4 Å². The molecule has 1 aliphatic heterocycles. The standard InChI is InChI=1S/C12H12FNO4/c1-2-17-12(15)10-9(11(13)18-14(10)16)8-6-4-3-5-7-8/h3-7,9,11H,2H2,1H3. The fourth-order valence-electron chi connectivity index (χ4n) is 1.82. The van der Waals surface area contributed by atoms with Gasteiger partial charge in [-0.2, -0.15) is 0 Å². The zero-order chi connectivity index (χ0) is 13.1. The van der Waals surface area contributed by atoms with Gasteiger partial charge in [0.05, 0.1) is 11.5 Å². The van der Waals surface area contributed by atoms with Crippen molar-refractivity contribution in [1.82, 2.24) is 0 Å². The van der Waals surface area contributed by atoms with E-state index in [0.29, 0.717) is 5.56 Å². The van der Waals surface area contributed by atoms with Gasteiger partial charge in [0.1, 0.15) is 5.92 Å². The second-order valence-corrected chi connectivity index (χ2v) is 3.71. The lowest BCUT2D eigenvalue weighted by Gasteiger charge is -2.10. The van der Waals surface area contributed by atoms with Crippen LogP contribution in [0.5, 0.6) is 0 Å². The summed E-state index contributed by atoms with van der Waals surface area (Å²) in [7, 11) is 0. The van der Waals surface area contributed by atoms with Crippen molar-refractivity contribution in [3.05, 3.63) is 41.1 Å². The number of ether oxygens (including phenoxy) is 1. The minimum Gasteiger partial charge on any atom is -0.458 e. The van der Waals surface area contributed by atoms with Gasteiger partial charge in [0.2, 0.25) is 6.36 Å². The van der Waals surface area contributed by atoms with Gasteiger partial charge in [0.25, 0.3) is 0 Å². The molecule has 1 aromatic carbocycles. The summed E-state index contributed by atoms with van der Waals surface area (Å²) in [5, 5.41) is 11.4. The number of rotatable bonds is 3. The lowest BCUT2D eigenvalue weighted by molar-refractivity contribution is -0.747. The molecule has 2 unspecified atom stereocenters. The molecule has 2 rings (SSSR count). The van der Waals surface area contributed by atoms with Crippen LogP contribution < -0.4 is 0 Å². The highest BCUT2D eigenvalue weighted by atomic mass is 19.1. The molecule has 2 atom stereocenters. The molecule has 0 saturated heterocycles. The third-order valence-electron chi connectivity index (χ3n) is 2.59. The summed E-state index contributed by atoms with van der Waals surface area (Å²) in [4.78, 5) is 15.9. The lowest BCUT2D eigenvalue weighted by atomic mass is 9.94. The number of benzene rings is 1. The predicted octanol–water partition coefficient (Wildman–Crippen LogP) is 1.53. The summed E-state index contributed by atoms with van der Waals surface area (Å²) in [5.41, 5.74) is 0.127. The first-order chi connectivity index (χ1) is 8.65. The van der Waals surface area contributed by atoms with Crippen molar-refractivity contribution in [3.63, 3.8) is 0 Å². The van der Waals surface area contributed by atoms with E-state index >= 15 is 0 Å². The maximum absolute atomic E-state index is 13.7. The van der Waals surface area contributed by atoms with E-state index < -0.39 is 18.2 Å². The maximum atomic E-state index is 13.7. The molecule has 0 saturated carbocycles. The van der Waals surface area contributed by atoms with Crippen molar-refractivity contribution in [2.45, 2.75) is 19.2 Å². The van der Waals surface area contributed by atoms with Crippen molar-refractivity contribution in [1.29, 1.82) is 0 Å². The summed E-state index contributed by atoms with van der Waals surface area (Å²) in [6.45, 7) is 1.71. The summed E-state index contributed by atoms with van der Waals surface area (Å²) in [6, 6.07) is 8.39. The molecule has 6 heteroatoms. The number of hydrogen-bond acceptors (Lipinski definition) is 4. The van der Waals surface area contributed by atoms with Crippen LogP contribution in [0, 0.1) is 5.21 Å². The molecule has 1 heterocycles. The molecule has 0 fully saturated rings. The normalized spacial score (nSPS) is 22.8. The van der Waals surface area contributed by atoms with E-state index in [1.54, 1.807) is 37.3 Å². The number of carbonyl (C=O) groups excluding carboxylic acids is 1. The number of alkyl halides is 1. The van der Waals surface area contributed by atoms with Crippen LogP contribution >= 0.6 is 0 Å². The molecular formula is C12H12FNO4. The second-order valence-electron chi connectivity index (χ2n) is 3.71. The molecule has 1 aromatic rings. The quantitative estimate of drug-likeness (QED) is 0.605. The fraction of sp³-hybridized carbons (Fsp3) is 0.333. The van der Waals surface area contributed by atoms with E-state index in [4.69, 9.17) is 4.74 Å². The number of halogens is 1. The highest BCUT2D eigenvalue weighted by Crippen LogP contribution is 2.30. The van der Waals surface area contributed by atoms with Gasteiger partial charge in [-0.15, -0.1) is 0 Å². The lowest BCUT2D eigenvalue weighted by Crippen LogP contribution is -2.28. The van der Waals surface area contributed by atoms with Gasteiger partial charge in [0.15, 0.2) is 0 Å². The van der Waals surface area contributed by atoms with Crippen LogP contribution in [0.2, 0.25) is 0 Å². The van der Waals surface area contributed by atoms with E-state index in [2.05, 4.69) is 4.84 Å². The minimum atomic E-state index is -1.88. The minimum absolute atomic E-state index is 0.0969. The molecule has 0 aromatic heterocycles. The Kier molecular flexibility index (Phi) is 3.45. The molecule has 0 amide bonds. The monoisotopic (exact) mass is 253 g/mol. The van der Waals surface area contributed by atoms with Gasteiger partial charge >= 0.3 is 11.7 Å². The Bertz CT molecular complexity index is 474. The van der Waals surface area contributed by atoms with Crippen LogP contribution in [0.25, 0.3) is 0 Å². The Balaban J connectivity index is 2.36. The molecule has 5 nitrogen and oxygen atoms in total. The van der Waals surface area contributed by atoms with Gasteiger partial charge in [-0.1, -0.05) is 30.3 Å². The summed E-state index contributed by atoms with van der Waals surface area (Å²) >= 11 is 0. The molecule has 96 valence electrons. The Hall–Kier alpha value is -2.11. The van der Waals surface area contributed by atoms with Crippen LogP contribution in [-0.2, 0) is 14.4 Å². The molecular weight excluding hydrogens is 241 g/mol. The first-order valence-electron chi connectivity index (χ1n) is 5.52. The van der Waals surface area contributed by atoms with Gasteiger partial charge in [0, 0.05) is 0 Å². The van der Waals surface area contributed by atoms with Gasteiger partial charge in [-0.3, -0.25) is 5.21 Å². The van der Waals surface area contributed by atoms with Crippen LogP contribution in [0.4, 0.5) is 4.39 Å². The van der Waals surface area contributed by atoms with E-state index in [-0.39, 0.29) is 17.2 Å². The van der Waals surface area contributed by atoms with Gasteiger partial charge in [-0.25, -0.2) is 9.18 Å². The summed E-state index contributed by atoms with van der Waals surface area (Å²) in [5.74, 6) is -1.91. The average molecular weight is 253 g/mol. The molecule has 0 aliphatic carbocycles. The van der Waals surface area contributed by atoms with Crippen molar-refractivity contribution in [2.24, 2.45) is 0 Å². The number of hydrogen-bond donors (Lipinski definition) is 0. The predicted molar refractivity (Wildman–Crippen MR) is 60.4 cm³/mol. The summed E-state index contributed by atoms with van der Waals surface area (Å²) in [6.07, 6.45) is -1.88. The highest BCUT2D eigenvalue weighted by molar-refractivity contribution is 6.36. The molecule has 0 spiro atoms. The molecule has 18 heavy (non-hydrogen) atoms. The first-order valence-corrected chi connectivity index (χ1v) is 5.52. The van der Waals surface area contributed by atoms with Gasteiger partial charge < -0.3 is 9.57 Å². The smallest absolute Gasteiger partial charge is 0.406 e. The number of carbonyl (C=O) groups is 1. The first kappa shape index (κ1) is 12.3. The SMILES string of the molecule is CCOC(=O)C1=[N+]([O-])OC(F)C1c1ccccc1. The Labute approximate surface area is 103 Å². The molecule has 1 aliphatic rings. The molecule has 0 radical (unpaired) electrons. The molecule has 0 N–H and O–H groups in total. The van der Waals surface area contributed by atoms with Crippen LogP contribution in [-0.4, -0.2) is 29.5 Å². The zero-order valence-electron chi connectivity index (χ0n) is 9.71. The molecule has 0 bridgehead atoms. The average Bonchev–Trinajstić information content (AvgIpc) is 2.65. The zero-order valence-corrected chi connectivity index (χ0v) is 9.71. The summed E-state index contributed by atoms with van der Waals surface area (Å²) < 4.78 is 18.4. The van der Waals surface area contributed by atoms with Crippen molar-refractivity contribution < 1.29 is 23.7 Å². The van der Waals surface area contributed by atoms with Crippen LogP contribution in [0.15, 0.2) is 30.3 Å². The van der Waals surface area contributed by atoms with E-state index in [9.17, 15) is 14.4 Å². The number of nitrogens with zero attached hydrogens (tertiary/aromatic N) is 1. The van der Waals surface area contributed by atoms with Crippen molar-refractivity contribution in [3.8, 4) is 0 Å². The fourth-order valence-corrected chi connectivity index (χ4v) is 1.82. The third kappa shape index (κ3) is 2.13.